The lowest BCUT2D eigenvalue weighted by Gasteiger charge is -2.48. The fraction of sp³-hybridized carbons (Fsp3) is 0.789. The number of anilines is 2. The SMILES string of the molecule is Cc1cnc(N2CCC3(CCO3)CC2)nc1N1CCC2(CCO2)CC1. The summed E-state index contributed by atoms with van der Waals surface area (Å²) >= 11 is 0. The highest BCUT2D eigenvalue weighted by Gasteiger charge is 2.43. The molecule has 0 unspecified atom stereocenters. The molecule has 0 amide bonds. The minimum Gasteiger partial charge on any atom is -0.375 e. The molecule has 0 N–H and O–H groups in total. The van der Waals surface area contributed by atoms with Crippen molar-refractivity contribution in [1.82, 2.24) is 9.97 Å². The van der Waals surface area contributed by atoms with Crippen molar-refractivity contribution in [1.29, 1.82) is 0 Å². The summed E-state index contributed by atoms with van der Waals surface area (Å²) in [4.78, 5) is 14.3. The Balaban J connectivity index is 1.29. The molecular weight excluding hydrogens is 316 g/mol. The Morgan fingerprint density at radius 2 is 1.36 bits per heavy atom. The molecule has 0 atom stereocenters. The van der Waals surface area contributed by atoms with Crippen molar-refractivity contribution >= 4 is 11.8 Å². The van der Waals surface area contributed by atoms with Gasteiger partial charge in [-0.2, -0.15) is 4.98 Å². The van der Waals surface area contributed by atoms with Gasteiger partial charge in [0.2, 0.25) is 5.95 Å². The summed E-state index contributed by atoms with van der Waals surface area (Å²) in [5, 5.41) is 0. The van der Waals surface area contributed by atoms with Crippen LogP contribution in [0.3, 0.4) is 0 Å². The molecule has 2 spiro atoms. The summed E-state index contributed by atoms with van der Waals surface area (Å²) in [7, 11) is 0. The van der Waals surface area contributed by atoms with Crippen LogP contribution >= 0.6 is 0 Å². The number of hydrogen-bond acceptors (Lipinski definition) is 6. The second-order valence-electron chi connectivity index (χ2n) is 8.21. The smallest absolute Gasteiger partial charge is 0.227 e. The van der Waals surface area contributed by atoms with Gasteiger partial charge >= 0.3 is 0 Å². The van der Waals surface area contributed by atoms with Gasteiger partial charge in [-0.3, -0.25) is 0 Å². The second kappa shape index (κ2) is 5.81. The lowest BCUT2D eigenvalue weighted by atomic mass is 9.84. The van der Waals surface area contributed by atoms with Crippen molar-refractivity contribution in [2.45, 2.75) is 56.7 Å². The van der Waals surface area contributed by atoms with E-state index in [1.807, 2.05) is 6.20 Å². The van der Waals surface area contributed by atoms with Crippen molar-refractivity contribution in [3.63, 3.8) is 0 Å². The number of aromatic nitrogens is 2. The number of rotatable bonds is 2. The van der Waals surface area contributed by atoms with Gasteiger partial charge in [0.1, 0.15) is 5.82 Å². The first kappa shape index (κ1) is 15.8. The topological polar surface area (TPSA) is 50.7 Å². The molecule has 25 heavy (non-hydrogen) atoms. The van der Waals surface area contributed by atoms with E-state index in [0.717, 1.165) is 76.8 Å². The molecule has 0 aromatic carbocycles. The molecule has 4 aliphatic heterocycles. The van der Waals surface area contributed by atoms with E-state index >= 15 is 0 Å². The molecule has 5 heterocycles. The highest BCUT2D eigenvalue weighted by Crippen LogP contribution is 2.39. The molecular formula is C19H28N4O2. The van der Waals surface area contributed by atoms with Gasteiger partial charge in [0, 0.05) is 37.9 Å². The van der Waals surface area contributed by atoms with Crippen molar-refractivity contribution in [2.75, 3.05) is 49.2 Å². The predicted molar refractivity (Wildman–Crippen MR) is 96.3 cm³/mol. The summed E-state index contributed by atoms with van der Waals surface area (Å²) in [5.74, 6) is 1.99. The van der Waals surface area contributed by atoms with Crippen LogP contribution in [-0.2, 0) is 9.47 Å². The molecule has 4 fully saturated rings. The van der Waals surface area contributed by atoms with Crippen molar-refractivity contribution in [2.24, 2.45) is 0 Å². The average Bonchev–Trinajstić information content (AvgIpc) is 2.60. The summed E-state index contributed by atoms with van der Waals surface area (Å²) in [6.45, 7) is 8.07. The first-order valence-electron chi connectivity index (χ1n) is 9.79. The van der Waals surface area contributed by atoms with Gasteiger partial charge in [-0.1, -0.05) is 0 Å². The van der Waals surface area contributed by atoms with Crippen LogP contribution in [0.2, 0.25) is 0 Å². The summed E-state index contributed by atoms with van der Waals surface area (Å²) in [5.41, 5.74) is 1.53. The van der Waals surface area contributed by atoms with Gasteiger partial charge in [0.15, 0.2) is 0 Å². The first-order chi connectivity index (χ1) is 12.2. The van der Waals surface area contributed by atoms with Gasteiger partial charge in [-0.25, -0.2) is 4.98 Å². The van der Waals surface area contributed by atoms with E-state index in [-0.39, 0.29) is 11.2 Å². The van der Waals surface area contributed by atoms with Crippen LogP contribution < -0.4 is 9.80 Å². The third kappa shape index (κ3) is 2.70. The van der Waals surface area contributed by atoms with E-state index in [4.69, 9.17) is 14.5 Å². The van der Waals surface area contributed by atoms with Gasteiger partial charge in [-0.05, 0) is 45.4 Å². The minimum atomic E-state index is 0.175. The van der Waals surface area contributed by atoms with Gasteiger partial charge in [0.25, 0.3) is 0 Å². The van der Waals surface area contributed by atoms with Gasteiger partial charge in [0.05, 0.1) is 24.4 Å². The van der Waals surface area contributed by atoms with E-state index in [0.29, 0.717) is 0 Å². The van der Waals surface area contributed by atoms with E-state index in [9.17, 15) is 0 Å². The van der Waals surface area contributed by atoms with Crippen LogP contribution in [0.15, 0.2) is 6.20 Å². The maximum atomic E-state index is 5.85. The highest BCUT2D eigenvalue weighted by atomic mass is 16.5. The number of nitrogens with zero attached hydrogens (tertiary/aromatic N) is 4. The Hall–Kier alpha value is -1.40. The maximum absolute atomic E-state index is 5.85. The van der Waals surface area contributed by atoms with Crippen molar-refractivity contribution in [3.8, 4) is 0 Å². The standard InChI is InChI=1S/C19H28N4O2/c1-15-14-20-17(23-10-4-19(5-11-23)7-13-25-19)21-16(15)22-8-2-18(3-9-22)6-12-24-18/h14H,2-13H2,1H3. The average molecular weight is 344 g/mol. The van der Waals surface area contributed by atoms with Crippen molar-refractivity contribution in [3.05, 3.63) is 11.8 Å². The largest absolute Gasteiger partial charge is 0.375 e. The number of ether oxygens (including phenoxy) is 2. The molecule has 0 radical (unpaired) electrons. The predicted octanol–water partition coefficient (Wildman–Crippen LogP) is 2.30. The van der Waals surface area contributed by atoms with Gasteiger partial charge in [-0.15, -0.1) is 0 Å². The van der Waals surface area contributed by atoms with E-state index in [2.05, 4.69) is 21.7 Å². The van der Waals surface area contributed by atoms with E-state index in [1.165, 1.54) is 18.4 Å². The van der Waals surface area contributed by atoms with E-state index in [1.54, 1.807) is 0 Å². The van der Waals surface area contributed by atoms with Crippen LogP contribution in [-0.4, -0.2) is 60.6 Å². The zero-order valence-corrected chi connectivity index (χ0v) is 15.2. The molecule has 0 aliphatic carbocycles. The number of piperidine rings is 2. The van der Waals surface area contributed by atoms with Crippen molar-refractivity contribution < 1.29 is 9.47 Å². The van der Waals surface area contributed by atoms with Crippen LogP contribution in [0.4, 0.5) is 11.8 Å². The summed E-state index contributed by atoms with van der Waals surface area (Å²) < 4.78 is 11.7. The molecule has 4 aliphatic rings. The van der Waals surface area contributed by atoms with Crippen LogP contribution in [0.1, 0.15) is 44.1 Å². The maximum Gasteiger partial charge on any atom is 0.227 e. The van der Waals surface area contributed by atoms with Crippen LogP contribution in [0, 0.1) is 6.92 Å². The normalized spacial score (nSPS) is 27.2. The third-order valence-corrected chi connectivity index (χ3v) is 6.80. The molecule has 0 bridgehead atoms. The molecule has 1 aromatic heterocycles. The fourth-order valence-electron chi connectivity index (χ4n) is 4.71. The Bertz CT molecular complexity index is 637. The number of aryl methyl sites for hydroxylation is 1. The Morgan fingerprint density at radius 3 is 1.84 bits per heavy atom. The van der Waals surface area contributed by atoms with E-state index < -0.39 is 0 Å². The zero-order valence-electron chi connectivity index (χ0n) is 15.2. The highest BCUT2D eigenvalue weighted by molar-refractivity contribution is 5.50. The molecule has 5 rings (SSSR count). The first-order valence-corrected chi connectivity index (χ1v) is 9.79. The van der Waals surface area contributed by atoms with Gasteiger partial charge < -0.3 is 19.3 Å². The minimum absolute atomic E-state index is 0.175. The van der Waals surface area contributed by atoms with Crippen LogP contribution in [0.25, 0.3) is 0 Å². The summed E-state index contributed by atoms with van der Waals surface area (Å²) in [6.07, 6.45) is 8.88. The molecule has 6 nitrogen and oxygen atoms in total. The lowest BCUT2D eigenvalue weighted by Crippen LogP contribution is -2.53. The molecule has 6 heteroatoms. The molecule has 136 valence electrons. The number of hydrogen-bond donors (Lipinski definition) is 0. The second-order valence-corrected chi connectivity index (χ2v) is 8.21. The Morgan fingerprint density at radius 1 is 0.840 bits per heavy atom. The zero-order chi connectivity index (χ0) is 16.9. The molecule has 4 saturated heterocycles. The fourth-order valence-corrected chi connectivity index (χ4v) is 4.71. The Labute approximate surface area is 149 Å². The monoisotopic (exact) mass is 344 g/mol. The quantitative estimate of drug-likeness (QED) is 0.821. The summed E-state index contributed by atoms with van der Waals surface area (Å²) in [6, 6.07) is 0. The molecule has 1 aromatic rings. The third-order valence-electron chi connectivity index (χ3n) is 6.80. The lowest BCUT2D eigenvalue weighted by molar-refractivity contribution is -0.158. The molecule has 0 saturated carbocycles. The van der Waals surface area contributed by atoms with Crippen LogP contribution in [0.5, 0.6) is 0 Å². The Kier molecular flexibility index (Phi) is 3.68.